The summed E-state index contributed by atoms with van der Waals surface area (Å²) in [4.78, 5) is 2.27. The fourth-order valence-electron chi connectivity index (χ4n) is 2.42. The summed E-state index contributed by atoms with van der Waals surface area (Å²) >= 11 is 0. The maximum atomic E-state index is 13.1. The lowest BCUT2D eigenvalue weighted by Crippen LogP contribution is -2.50. The topological polar surface area (TPSA) is 15.3 Å². The lowest BCUT2D eigenvalue weighted by atomic mass is 10.0. The second-order valence-corrected chi connectivity index (χ2v) is 6.05. The van der Waals surface area contributed by atoms with Gasteiger partial charge in [-0.1, -0.05) is 0 Å². The van der Waals surface area contributed by atoms with Crippen molar-refractivity contribution in [2.75, 3.05) is 13.1 Å². The number of hydrogen-bond acceptors (Lipinski definition) is 2. The first-order valence-corrected chi connectivity index (χ1v) is 6.00. The normalized spacial score (nSPS) is 25.7. The summed E-state index contributed by atoms with van der Waals surface area (Å²) < 4.78 is 26.1. The molecule has 0 amide bonds. The minimum Gasteiger partial charge on any atom is -0.307 e. The SMILES string of the molecule is CC(C)N(CC1CC(F)(F)CN1)C(C)(C)C. The average Bonchev–Trinajstić information content (AvgIpc) is 2.38. The number of halogens is 2. The Kier molecular flexibility index (Phi) is 3.95. The van der Waals surface area contributed by atoms with Gasteiger partial charge in [-0.2, -0.15) is 0 Å². The number of alkyl halides is 2. The first kappa shape index (κ1) is 13.8. The summed E-state index contributed by atoms with van der Waals surface area (Å²) in [7, 11) is 0. The quantitative estimate of drug-likeness (QED) is 0.807. The highest BCUT2D eigenvalue weighted by Crippen LogP contribution is 2.27. The van der Waals surface area contributed by atoms with Crippen LogP contribution in [0.3, 0.4) is 0 Å². The molecule has 96 valence electrons. The monoisotopic (exact) mass is 234 g/mol. The van der Waals surface area contributed by atoms with Crippen LogP contribution < -0.4 is 5.32 Å². The molecule has 0 aromatic heterocycles. The van der Waals surface area contributed by atoms with Gasteiger partial charge in [0, 0.05) is 30.6 Å². The Hall–Kier alpha value is -0.220. The lowest BCUT2D eigenvalue weighted by Gasteiger charge is -2.40. The van der Waals surface area contributed by atoms with Crippen LogP contribution in [0.4, 0.5) is 8.78 Å². The molecule has 1 fully saturated rings. The van der Waals surface area contributed by atoms with E-state index in [0.29, 0.717) is 12.6 Å². The second kappa shape index (κ2) is 4.57. The molecule has 1 N–H and O–H groups in total. The molecule has 0 aromatic rings. The molecule has 1 heterocycles. The van der Waals surface area contributed by atoms with Crippen LogP contribution in [-0.2, 0) is 0 Å². The van der Waals surface area contributed by atoms with Gasteiger partial charge in [0.25, 0.3) is 5.92 Å². The van der Waals surface area contributed by atoms with Crippen molar-refractivity contribution in [3.8, 4) is 0 Å². The highest BCUT2D eigenvalue weighted by atomic mass is 19.3. The van der Waals surface area contributed by atoms with Crippen molar-refractivity contribution in [3.05, 3.63) is 0 Å². The van der Waals surface area contributed by atoms with Gasteiger partial charge in [-0.05, 0) is 34.6 Å². The molecule has 16 heavy (non-hydrogen) atoms. The van der Waals surface area contributed by atoms with E-state index in [9.17, 15) is 8.78 Å². The molecule has 0 radical (unpaired) electrons. The Labute approximate surface area is 97.4 Å². The molecule has 0 aromatic carbocycles. The third-order valence-electron chi connectivity index (χ3n) is 3.10. The first-order chi connectivity index (χ1) is 7.12. The molecule has 0 saturated carbocycles. The van der Waals surface area contributed by atoms with Crippen molar-refractivity contribution in [3.63, 3.8) is 0 Å². The van der Waals surface area contributed by atoms with Crippen molar-refractivity contribution in [2.45, 2.75) is 64.6 Å². The van der Waals surface area contributed by atoms with Crippen LogP contribution in [0.1, 0.15) is 41.0 Å². The molecular formula is C12H24F2N2. The Bertz CT molecular complexity index is 234. The Morgan fingerprint density at radius 2 is 1.94 bits per heavy atom. The molecule has 1 rings (SSSR count). The Morgan fingerprint density at radius 3 is 2.25 bits per heavy atom. The molecule has 1 atom stereocenters. The molecule has 4 heteroatoms. The summed E-state index contributed by atoms with van der Waals surface area (Å²) in [6.07, 6.45) is -0.0354. The summed E-state index contributed by atoms with van der Waals surface area (Å²) in [6.45, 7) is 11.1. The van der Waals surface area contributed by atoms with E-state index in [1.807, 2.05) is 0 Å². The van der Waals surface area contributed by atoms with E-state index in [-0.39, 0.29) is 24.5 Å². The van der Waals surface area contributed by atoms with Crippen molar-refractivity contribution in [2.24, 2.45) is 0 Å². The highest BCUT2D eigenvalue weighted by molar-refractivity contribution is 4.91. The molecule has 0 bridgehead atoms. The largest absolute Gasteiger partial charge is 0.307 e. The predicted molar refractivity (Wildman–Crippen MR) is 62.9 cm³/mol. The standard InChI is InChI=1S/C12H24F2N2/c1-9(2)16(11(3,4)5)7-10-6-12(13,14)8-15-10/h9-10,15H,6-8H2,1-5H3. The minimum atomic E-state index is -2.52. The predicted octanol–water partition coefficient (Wildman–Crippen LogP) is 2.49. The van der Waals surface area contributed by atoms with Crippen LogP contribution in [0.15, 0.2) is 0 Å². The van der Waals surface area contributed by atoms with Gasteiger partial charge in [-0.25, -0.2) is 8.78 Å². The van der Waals surface area contributed by atoms with Gasteiger partial charge >= 0.3 is 0 Å². The fraction of sp³-hybridized carbons (Fsp3) is 1.00. The molecule has 0 spiro atoms. The van der Waals surface area contributed by atoms with Gasteiger partial charge in [-0.15, -0.1) is 0 Å². The zero-order valence-electron chi connectivity index (χ0n) is 11.0. The zero-order valence-corrected chi connectivity index (χ0v) is 11.0. The third-order valence-corrected chi connectivity index (χ3v) is 3.10. The molecule has 1 aliphatic rings. The van der Waals surface area contributed by atoms with E-state index in [4.69, 9.17) is 0 Å². The van der Waals surface area contributed by atoms with Crippen molar-refractivity contribution in [1.29, 1.82) is 0 Å². The molecule has 1 aliphatic heterocycles. The van der Waals surface area contributed by atoms with Crippen molar-refractivity contribution < 1.29 is 8.78 Å². The van der Waals surface area contributed by atoms with Gasteiger partial charge in [0.1, 0.15) is 0 Å². The molecule has 1 saturated heterocycles. The zero-order chi connectivity index (χ0) is 12.6. The number of rotatable bonds is 3. The van der Waals surface area contributed by atoms with Gasteiger partial charge in [-0.3, -0.25) is 4.90 Å². The van der Waals surface area contributed by atoms with E-state index in [0.717, 1.165) is 0 Å². The van der Waals surface area contributed by atoms with Gasteiger partial charge in [0.15, 0.2) is 0 Å². The third kappa shape index (κ3) is 3.67. The van der Waals surface area contributed by atoms with Gasteiger partial charge in [0.2, 0.25) is 0 Å². The number of nitrogens with zero attached hydrogens (tertiary/aromatic N) is 1. The maximum absolute atomic E-state index is 13.1. The highest BCUT2D eigenvalue weighted by Gasteiger charge is 2.40. The Morgan fingerprint density at radius 1 is 1.38 bits per heavy atom. The van der Waals surface area contributed by atoms with Crippen LogP contribution >= 0.6 is 0 Å². The van der Waals surface area contributed by atoms with Crippen LogP contribution in [0, 0.1) is 0 Å². The summed E-state index contributed by atoms with van der Waals surface area (Å²) in [5.74, 6) is -2.52. The summed E-state index contributed by atoms with van der Waals surface area (Å²) in [5, 5.41) is 2.91. The number of nitrogens with one attached hydrogen (secondary N) is 1. The Balaban J connectivity index is 2.58. The molecule has 1 unspecified atom stereocenters. The summed E-state index contributed by atoms with van der Waals surface area (Å²) in [5.41, 5.74) is 0.0215. The fourth-order valence-corrected chi connectivity index (χ4v) is 2.42. The summed E-state index contributed by atoms with van der Waals surface area (Å²) in [6, 6.07) is 0.285. The minimum absolute atomic E-state index is 0.0215. The lowest BCUT2D eigenvalue weighted by molar-refractivity contribution is 0.0167. The van der Waals surface area contributed by atoms with Crippen LogP contribution in [0.25, 0.3) is 0 Å². The van der Waals surface area contributed by atoms with Crippen molar-refractivity contribution in [1.82, 2.24) is 10.2 Å². The van der Waals surface area contributed by atoms with Crippen LogP contribution in [-0.4, -0.2) is 41.5 Å². The van der Waals surface area contributed by atoms with E-state index in [1.54, 1.807) is 0 Å². The van der Waals surface area contributed by atoms with E-state index < -0.39 is 5.92 Å². The van der Waals surface area contributed by atoms with Gasteiger partial charge < -0.3 is 5.32 Å². The molecular weight excluding hydrogens is 210 g/mol. The average molecular weight is 234 g/mol. The maximum Gasteiger partial charge on any atom is 0.261 e. The molecule has 2 nitrogen and oxygen atoms in total. The molecule has 0 aliphatic carbocycles. The van der Waals surface area contributed by atoms with Crippen molar-refractivity contribution >= 4 is 0 Å². The van der Waals surface area contributed by atoms with Gasteiger partial charge in [0.05, 0.1) is 6.54 Å². The number of hydrogen-bond donors (Lipinski definition) is 1. The smallest absolute Gasteiger partial charge is 0.261 e. The van der Waals surface area contributed by atoms with Crippen LogP contribution in [0.5, 0.6) is 0 Å². The first-order valence-electron chi connectivity index (χ1n) is 6.00. The van der Waals surface area contributed by atoms with E-state index in [1.165, 1.54) is 0 Å². The second-order valence-electron chi connectivity index (χ2n) is 6.05. The van der Waals surface area contributed by atoms with E-state index in [2.05, 4.69) is 44.8 Å². The van der Waals surface area contributed by atoms with E-state index >= 15 is 0 Å². The van der Waals surface area contributed by atoms with Crippen LogP contribution in [0.2, 0.25) is 0 Å².